The van der Waals surface area contributed by atoms with Crippen LogP contribution in [0.3, 0.4) is 0 Å². The second kappa shape index (κ2) is 10.3. The van der Waals surface area contributed by atoms with Gasteiger partial charge in [-0.25, -0.2) is 0 Å². The van der Waals surface area contributed by atoms with Crippen LogP contribution in [0.5, 0.6) is 5.75 Å². The highest BCUT2D eigenvalue weighted by Crippen LogP contribution is 2.29. The quantitative estimate of drug-likeness (QED) is 0.532. The zero-order valence-electron chi connectivity index (χ0n) is 14.1. The monoisotopic (exact) mass is 412 g/mol. The lowest BCUT2D eigenvalue weighted by Crippen LogP contribution is -2.42. The van der Waals surface area contributed by atoms with Crippen LogP contribution in [-0.4, -0.2) is 24.2 Å². The van der Waals surface area contributed by atoms with Gasteiger partial charge in [0.25, 0.3) is 0 Å². The Morgan fingerprint density at radius 2 is 1.73 bits per heavy atom. The summed E-state index contributed by atoms with van der Waals surface area (Å²) in [5, 5.41) is 1.06. The molecule has 138 valence electrons. The van der Waals surface area contributed by atoms with Crippen molar-refractivity contribution < 1.29 is 14.3 Å². The maximum Gasteiger partial charge on any atom is 0.248 e. The van der Waals surface area contributed by atoms with Gasteiger partial charge in [0.2, 0.25) is 11.8 Å². The Balaban J connectivity index is 1.64. The SMILES string of the molecule is Cc1ccc(OCCC(=O)NNC(=O)CSc2cc(Cl)ccc2Cl)cc1. The summed E-state index contributed by atoms with van der Waals surface area (Å²) in [5.74, 6) is 0.109. The van der Waals surface area contributed by atoms with Gasteiger partial charge in [0.1, 0.15) is 5.75 Å². The normalized spacial score (nSPS) is 10.3. The van der Waals surface area contributed by atoms with Crippen LogP contribution < -0.4 is 15.6 Å². The lowest BCUT2D eigenvalue weighted by atomic mass is 10.2. The third-order valence-corrected chi connectivity index (χ3v) is 4.94. The minimum Gasteiger partial charge on any atom is -0.493 e. The first-order chi connectivity index (χ1) is 12.4. The molecule has 2 N–H and O–H groups in total. The van der Waals surface area contributed by atoms with Crippen LogP contribution in [0, 0.1) is 6.92 Å². The van der Waals surface area contributed by atoms with Crippen LogP contribution in [0.25, 0.3) is 0 Å². The van der Waals surface area contributed by atoms with E-state index in [1.165, 1.54) is 11.8 Å². The summed E-state index contributed by atoms with van der Waals surface area (Å²) in [5.41, 5.74) is 5.84. The molecule has 8 heteroatoms. The lowest BCUT2D eigenvalue weighted by Gasteiger charge is -2.09. The molecule has 2 aromatic carbocycles. The molecule has 2 amide bonds. The van der Waals surface area contributed by atoms with Crippen LogP contribution in [0.2, 0.25) is 10.0 Å². The fraction of sp³-hybridized carbons (Fsp3) is 0.222. The summed E-state index contributed by atoms with van der Waals surface area (Å²) in [7, 11) is 0. The molecule has 0 unspecified atom stereocenters. The Morgan fingerprint density at radius 3 is 2.46 bits per heavy atom. The third kappa shape index (κ3) is 7.15. The number of ether oxygens (including phenoxy) is 1. The Hall–Kier alpha value is -1.89. The standard InChI is InChI=1S/C18H18Cl2N2O3S/c1-12-2-5-14(6-3-12)25-9-8-17(23)21-22-18(24)11-26-16-10-13(19)4-7-15(16)20/h2-7,10H,8-9,11H2,1H3,(H,21,23)(H,22,24). The number of thioether (sulfide) groups is 1. The average molecular weight is 413 g/mol. The van der Waals surface area contributed by atoms with Gasteiger partial charge >= 0.3 is 0 Å². The summed E-state index contributed by atoms with van der Waals surface area (Å²) < 4.78 is 5.46. The van der Waals surface area contributed by atoms with E-state index in [0.717, 1.165) is 5.56 Å². The van der Waals surface area contributed by atoms with Crippen molar-refractivity contribution in [2.75, 3.05) is 12.4 Å². The molecule has 5 nitrogen and oxygen atoms in total. The van der Waals surface area contributed by atoms with Gasteiger partial charge in [-0.1, -0.05) is 40.9 Å². The molecule has 26 heavy (non-hydrogen) atoms. The third-order valence-electron chi connectivity index (χ3n) is 3.21. The molecule has 0 heterocycles. The van der Waals surface area contributed by atoms with E-state index in [1.54, 1.807) is 18.2 Å². The van der Waals surface area contributed by atoms with Gasteiger partial charge in [-0.3, -0.25) is 20.4 Å². The molecular formula is C18H18Cl2N2O3S. The predicted molar refractivity (Wildman–Crippen MR) is 105 cm³/mol. The van der Waals surface area contributed by atoms with E-state index in [0.29, 0.717) is 20.7 Å². The Labute approximate surface area is 166 Å². The first kappa shape index (κ1) is 20.4. The fourth-order valence-corrected chi connectivity index (χ4v) is 3.16. The van der Waals surface area contributed by atoms with Crippen molar-refractivity contribution in [2.45, 2.75) is 18.2 Å². The van der Waals surface area contributed by atoms with Crippen molar-refractivity contribution in [1.29, 1.82) is 0 Å². The topological polar surface area (TPSA) is 67.4 Å². The largest absolute Gasteiger partial charge is 0.493 e. The van der Waals surface area contributed by atoms with Crippen molar-refractivity contribution in [2.24, 2.45) is 0 Å². The first-order valence-corrected chi connectivity index (χ1v) is 9.53. The second-order valence-electron chi connectivity index (χ2n) is 5.37. The molecule has 0 bridgehead atoms. The van der Waals surface area contributed by atoms with Gasteiger partial charge in [0.15, 0.2) is 0 Å². The minimum absolute atomic E-state index is 0.0974. The summed E-state index contributed by atoms with van der Waals surface area (Å²) in [6.07, 6.45) is 0.126. The molecular weight excluding hydrogens is 395 g/mol. The average Bonchev–Trinajstić information content (AvgIpc) is 2.62. The van der Waals surface area contributed by atoms with Crippen molar-refractivity contribution in [1.82, 2.24) is 10.9 Å². The number of benzene rings is 2. The second-order valence-corrected chi connectivity index (χ2v) is 7.23. The number of nitrogens with one attached hydrogen (secondary N) is 2. The van der Waals surface area contributed by atoms with E-state index in [1.807, 2.05) is 31.2 Å². The molecule has 0 aliphatic heterocycles. The minimum atomic E-state index is -0.348. The predicted octanol–water partition coefficient (Wildman–Crippen LogP) is 4.01. The summed E-state index contributed by atoms with van der Waals surface area (Å²) >= 11 is 13.2. The van der Waals surface area contributed by atoms with Crippen molar-refractivity contribution >= 4 is 46.8 Å². The van der Waals surface area contributed by atoms with Gasteiger partial charge < -0.3 is 4.74 Å². The first-order valence-electron chi connectivity index (χ1n) is 7.79. The summed E-state index contributed by atoms with van der Waals surface area (Å²) in [6.45, 7) is 2.20. The fourth-order valence-electron chi connectivity index (χ4n) is 1.87. The van der Waals surface area contributed by atoms with E-state index in [-0.39, 0.29) is 30.6 Å². The number of carbonyl (C=O) groups excluding carboxylic acids is 2. The van der Waals surface area contributed by atoms with E-state index in [2.05, 4.69) is 10.9 Å². The van der Waals surface area contributed by atoms with Crippen LogP contribution in [0.4, 0.5) is 0 Å². The van der Waals surface area contributed by atoms with Crippen molar-refractivity contribution in [3.05, 3.63) is 58.1 Å². The molecule has 2 rings (SSSR count). The van der Waals surface area contributed by atoms with Gasteiger partial charge in [0.05, 0.1) is 23.8 Å². The van der Waals surface area contributed by atoms with Gasteiger partial charge in [-0.2, -0.15) is 0 Å². The van der Waals surface area contributed by atoms with Crippen molar-refractivity contribution in [3.63, 3.8) is 0 Å². The molecule has 0 spiro atoms. The number of amides is 2. The highest BCUT2D eigenvalue weighted by molar-refractivity contribution is 8.00. The molecule has 0 aliphatic rings. The number of hydrazine groups is 1. The highest BCUT2D eigenvalue weighted by Gasteiger charge is 2.08. The molecule has 0 saturated heterocycles. The Bertz CT molecular complexity index is 770. The Morgan fingerprint density at radius 1 is 1.04 bits per heavy atom. The number of rotatable bonds is 7. The number of aryl methyl sites for hydroxylation is 1. The van der Waals surface area contributed by atoms with E-state index >= 15 is 0 Å². The smallest absolute Gasteiger partial charge is 0.248 e. The maximum atomic E-state index is 11.8. The lowest BCUT2D eigenvalue weighted by molar-refractivity contribution is -0.127. The molecule has 0 saturated carbocycles. The maximum absolute atomic E-state index is 11.8. The molecule has 2 aromatic rings. The van der Waals surface area contributed by atoms with Crippen LogP contribution in [0.1, 0.15) is 12.0 Å². The zero-order chi connectivity index (χ0) is 18.9. The van der Waals surface area contributed by atoms with Crippen molar-refractivity contribution in [3.8, 4) is 5.75 Å². The highest BCUT2D eigenvalue weighted by atomic mass is 35.5. The zero-order valence-corrected chi connectivity index (χ0v) is 16.4. The van der Waals surface area contributed by atoms with Crippen LogP contribution in [-0.2, 0) is 9.59 Å². The van der Waals surface area contributed by atoms with Crippen LogP contribution >= 0.6 is 35.0 Å². The molecule has 0 atom stereocenters. The van der Waals surface area contributed by atoms with Gasteiger partial charge in [-0.05, 0) is 37.3 Å². The van der Waals surface area contributed by atoms with E-state index in [9.17, 15) is 9.59 Å². The molecule has 0 radical (unpaired) electrons. The number of halogens is 2. The molecule has 0 fully saturated rings. The number of hydrogen-bond acceptors (Lipinski definition) is 4. The number of hydrogen-bond donors (Lipinski definition) is 2. The van der Waals surface area contributed by atoms with E-state index in [4.69, 9.17) is 27.9 Å². The molecule has 0 aromatic heterocycles. The summed E-state index contributed by atoms with van der Waals surface area (Å²) in [6, 6.07) is 12.6. The van der Waals surface area contributed by atoms with Gasteiger partial charge in [0, 0.05) is 9.92 Å². The molecule has 0 aliphatic carbocycles. The van der Waals surface area contributed by atoms with E-state index < -0.39 is 0 Å². The van der Waals surface area contributed by atoms with Crippen LogP contribution in [0.15, 0.2) is 47.4 Å². The summed E-state index contributed by atoms with van der Waals surface area (Å²) in [4.78, 5) is 24.2. The van der Waals surface area contributed by atoms with Gasteiger partial charge in [-0.15, -0.1) is 11.8 Å². The Kier molecular flexibility index (Phi) is 8.09. The number of carbonyl (C=O) groups is 2.